The van der Waals surface area contributed by atoms with E-state index in [1.54, 1.807) is 7.11 Å². The van der Waals surface area contributed by atoms with Crippen molar-refractivity contribution >= 4 is 5.91 Å². The van der Waals surface area contributed by atoms with Crippen LogP contribution in [-0.2, 0) is 4.79 Å². The van der Waals surface area contributed by atoms with Gasteiger partial charge in [-0.2, -0.15) is 0 Å². The highest BCUT2D eigenvalue weighted by atomic mass is 16.5. The number of benzene rings is 1. The van der Waals surface area contributed by atoms with Crippen LogP contribution in [0.25, 0.3) is 0 Å². The second-order valence-corrected chi connectivity index (χ2v) is 5.58. The smallest absolute Gasteiger partial charge is 0.223 e. The molecule has 20 heavy (non-hydrogen) atoms. The fourth-order valence-corrected chi connectivity index (χ4v) is 2.06. The molecule has 0 saturated heterocycles. The lowest BCUT2D eigenvalue weighted by atomic mass is 10.1. The maximum atomic E-state index is 11.8. The Bertz CT molecular complexity index is 481. The predicted octanol–water partition coefficient (Wildman–Crippen LogP) is 3.07. The van der Waals surface area contributed by atoms with E-state index in [2.05, 4.69) is 5.32 Å². The van der Waals surface area contributed by atoms with Gasteiger partial charge in [0, 0.05) is 5.92 Å². The molecule has 2 rings (SSSR count). The highest BCUT2D eigenvalue weighted by Crippen LogP contribution is 2.32. The highest BCUT2D eigenvalue weighted by molar-refractivity contribution is 5.81. The van der Waals surface area contributed by atoms with Gasteiger partial charge in [-0.1, -0.05) is 6.07 Å². The van der Waals surface area contributed by atoms with Gasteiger partial charge in [-0.25, -0.2) is 0 Å². The van der Waals surface area contributed by atoms with Gasteiger partial charge in [0.15, 0.2) is 11.5 Å². The van der Waals surface area contributed by atoms with Crippen molar-refractivity contribution in [1.82, 2.24) is 5.32 Å². The van der Waals surface area contributed by atoms with Crippen LogP contribution < -0.4 is 14.8 Å². The molecule has 4 nitrogen and oxygen atoms in total. The quantitative estimate of drug-likeness (QED) is 0.869. The van der Waals surface area contributed by atoms with E-state index in [-0.39, 0.29) is 24.0 Å². The average molecular weight is 277 g/mol. The second-order valence-electron chi connectivity index (χ2n) is 5.58. The van der Waals surface area contributed by atoms with Crippen LogP contribution in [0.2, 0.25) is 0 Å². The molecule has 1 N–H and O–H groups in total. The number of carbonyl (C=O) groups excluding carboxylic acids is 1. The van der Waals surface area contributed by atoms with E-state index in [9.17, 15) is 4.79 Å². The van der Waals surface area contributed by atoms with Crippen LogP contribution in [0.3, 0.4) is 0 Å². The van der Waals surface area contributed by atoms with E-state index in [4.69, 9.17) is 9.47 Å². The minimum atomic E-state index is -0.0231. The molecule has 1 atom stereocenters. The summed E-state index contributed by atoms with van der Waals surface area (Å²) in [5, 5.41) is 3.03. The summed E-state index contributed by atoms with van der Waals surface area (Å²) in [6, 6.07) is 5.77. The number of hydrogen-bond acceptors (Lipinski definition) is 3. The minimum absolute atomic E-state index is 0.0231. The van der Waals surface area contributed by atoms with Crippen molar-refractivity contribution in [3.8, 4) is 11.5 Å². The first-order valence-corrected chi connectivity index (χ1v) is 7.16. The Balaban J connectivity index is 2.09. The van der Waals surface area contributed by atoms with Gasteiger partial charge in [0.1, 0.15) is 0 Å². The van der Waals surface area contributed by atoms with E-state index in [1.165, 1.54) is 0 Å². The first-order valence-electron chi connectivity index (χ1n) is 7.16. The summed E-state index contributed by atoms with van der Waals surface area (Å²) in [6.45, 7) is 5.94. The predicted molar refractivity (Wildman–Crippen MR) is 78.0 cm³/mol. The summed E-state index contributed by atoms with van der Waals surface area (Å²) < 4.78 is 11.1. The molecule has 4 heteroatoms. The molecule has 1 aromatic carbocycles. The molecule has 1 fully saturated rings. The number of ether oxygens (including phenoxy) is 2. The normalized spacial score (nSPS) is 15.8. The monoisotopic (exact) mass is 277 g/mol. The van der Waals surface area contributed by atoms with Gasteiger partial charge in [-0.3, -0.25) is 4.79 Å². The van der Waals surface area contributed by atoms with Gasteiger partial charge in [0.05, 0.1) is 19.3 Å². The second kappa shape index (κ2) is 6.16. The Morgan fingerprint density at radius 2 is 1.95 bits per heavy atom. The van der Waals surface area contributed by atoms with E-state index >= 15 is 0 Å². The lowest BCUT2D eigenvalue weighted by molar-refractivity contribution is -0.122. The summed E-state index contributed by atoms with van der Waals surface area (Å²) in [6.07, 6.45) is 2.13. The average Bonchev–Trinajstić information content (AvgIpc) is 3.22. The number of methoxy groups -OCH3 is 1. The third kappa shape index (κ3) is 3.65. The molecule has 110 valence electrons. The number of hydrogen-bond donors (Lipinski definition) is 1. The summed E-state index contributed by atoms with van der Waals surface area (Å²) in [4.78, 5) is 11.8. The molecular formula is C16H23NO3. The Hall–Kier alpha value is -1.71. The van der Waals surface area contributed by atoms with E-state index in [1.807, 2.05) is 39.0 Å². The van der Waals surface area contributed by atoms with Crippen LogP contribution in [0.15, 0.2) is 18.2 Å². The van der Waals surface area contributed by atoms with Gasteiger partial charge in [-0.15, -0.1) is 0 Å². The molecule has 1 aliphatic carbocycles. The van der Waals surface area contributed by atoms with Gasteiger partial charge in [0.25, 0.3) is 0 Å². The molecule has 1 aromatic rings. The van der Waals surface area contributed by atoms with Crippen LogP contribution in [0.1, 0.15) is 45.2 Å². The molecule has 1 aliphatic rings. The van der Waals surface area contributed by atoms with Crippen molar-refractivity contribution in [3.05, 3.63) is 23.8 Å². The van der Waals surface area contributed by atoms with E-state index in [0.717, 1.165) is 24.2 Å². The van der Waals surface area contributed by atoms with Crippen molar-refractivity contribution in [2.75, 3.05) is 7.11 Å². The van der Waals surface area contributed by atoms with E-state index < -0.39 is 0 Å². The SMILES string of the molecule is COc1cc([C@H](C)NC(=O)C2CC2)ccc1OC(C)C. The summed E-state index contributed by atoms with van der Waals surface area (Å²) in [7, 11) is 1.62. The van der Waals surface area contributed by atoms with E-state index in [0.29, 0.717) is 5.75 Å². The third-order valence-electron chi connectivity index (χ3n) is 3.36. The van der Waals surface area contributed by atoms with Crippen LogP contribution >= 0.6 is 0 Å². The van der Waals surface area contributed by atoms with Crippen molar-refractivity contribution < 1.29 is 14.3 Å². The maximum absolute atomic E-state index is 11.8. The largest absolute Gasteiger partial charge is 0.493 e. The molecule has 1 amide bonds. The van der Waals surface area contributed by atoms with Gasteiger partial charge >= 0.3 is 0 Å². The van der Waals surface area contributed by atoms with Gasteiger partial charge < -0.3 is 14.8 Å². The molecule has 0 aromatic heterocycles. The van der Waals surface area contributed by atoms with Crippen LogP contribution in [0.5, 0.6) is 11.5 Å². The van der Waals surface area contributed by atoms with Gasteiger partial charge in [0.2, 0.25) is 5.91 Å². The number of nitrogens with one attached hydrogen (secondary N) is 1. The molecular weight excluding hydrogens is 254 g/mol. The fourth-order valence-electron chi connectivity index (χ4n) is 2.06. The molecule has 0 spiro atoms. The summed E-state index contributed by atoms with van der Waals surface area (Å²) in [5.74, 6) is 1.80. The van der Waals surface area contributed by atoms with Crippen LogP contribution in [0.4, 0.5) is 0 Å². The van der Waals surface area contributed by atoms with Crippen LogP contribution in [-0.4, -0.2) is 19.1 Å². The van der Waals surface area contributed by atoms with Crippen molar-refractivity contribution in [1.29, 1.82) is 0 Å². The lowest BCUT2D eigenvalue weighted by Gasteiger charge is -2.18. The molecule has 0 radical (unpaired) electrons. The Morgan fingerprint density at radius 1 is 1.25 bits per heavy atom. The van der Waals surface area contributed by atoms with Crippen LogP contribution in [0, 0.1) is 5.92 Å². The number of rotatable bonds is 6. The molecule has 0 aliphatic heterocycles. The molecule has 0 unspecified atom stereocenters. The maximum Gasteiger partial charge on any atom is 0.223 e. The summed E-state index contributed by atoms with van der Waals surface area (Å²) in [5.41, 5.74) is 1.02. The Morgan fingerprint density at radius 3 is 2.50 bits per heavy atom. The number of carbonyl (C=O) groups is 1. The third-order valence-corrected chi connectivity index (χ3v) is 3.36. The van der Waals surface area contributed by atoms with Gasteiger partial charge in [-0.05, 0) is 51.3 Å². The molecule has 0 heterocycles. The summed E-state index contributed by atoms with van der Waals surface area (Å²) >= 11 is 0. The standard InChI is InChI=1S/C16H23NO3/c1-10(2)20-14-8-7-13(9-15(14)19-4)11(3)17-16(18)12-5-6-12/h7-12H,5-6H2,1-4H3,(H,17,18)/t11-/m0/s1. The Kier molecular flexibility index (Phi) is 4.53. The zero-order valence-electron chi connectivity index (χ0n) is 12.6. The first-order chi connectivity index (χ1) is 9.51. The highest BCUT2D eigenvalue weighted by Gasteiger charge is 2.30. The minimum Gasteiger partial charge on any atom is -0.493 e. The zero-order valence-corrected chi connectivity index (χ0v) is 12.6. The topological polar surface area (TPSA) is 47.6 Å². The number of amides is 1. The lowest BCUT2D eigenvalue weighted by Crippen LogP contribution is -2.27. The molecule has 1 saturated carbocycles. The fraction of sp³-hybridized carbons (Fsp3) is 0.562. The molecule has 0 bridgehead atoms. The first kappa shape index (κ1) is 14.7. The van der Waals surface area contributed by atoms with Crippen molar-refractivity contribution in [2.45, 2.75) is 45.8 Å². The van der Waals surface area contributed by atoms with Crippen molar-refractivity contribution in [2.24, 2.45) is 5.92 Å². The Labute approximate surface area is 120 Å². The van der Waals surface area contributed by atoms with Crippen molar-refractivity contribution in [3.63, 3.8) is 0 Å². The zero-order chi connectivity index (χ0) is 14.7.